The van der Waals surface area contributed by atoms with E-state index in [1.165, 1.54) is 0 Å². The van der Waals surface area contributed by atoms with Crippen molar-refractivity contribution >= 4 is 26.7 Å². The van der Waals surface area contributed by atoms with Crippen LogP contribution in [0.3, 0.4) is 0 Å². The van der Waals surface area contributed by atoms with Crippen molar-refractivity contribution in [3.63, 3.8) is 0 Å². The zero-order chi connectivity index (χ0) is 20.5. The smallest absolute Gasteiger partial charge is 0.184 e. The highest BCUT2D eigenvalue weighted by Gasteiger charge is 2.23. The molecule has 0 aliphatic heterocycles. The van der Waals surface area contributed by atoms with Gasteiger partial charge in [-0.1, -0.05) is 24.2 Å². The van der Waals surface area contributed by atoms with Crippen LogP contribution in [0.25, 0.3) is 21.5 Å². The molecule has 5 rings (SSSR count). The van der Waals surface area contributed by atoms with Gasteiger partial charge in [0.05, 0.1) is 34.3 Å². The summed E-state index contributed by atoms with van der Waals surface area (Å²) in [5.41, 5.74) is 2.68. The first kappa shape index (κ1) is 19.0. The number of benzene rings is 1. The molecular weight excluding hydrogens is 398 g/mol. The Morgan fingerprint density at radius 2 is 2.03 bits per heavy atom. The Kier molecular flexibility index (Phi) is 5.10. The molecule has 1 aliphatic carbocycles. The van der Waals surface area contributed by atoms with Crippen molar-refractivity contribution in [2.75, 3.05) is 5.32 Å². The zero-order valence-corrected chi connectivity index (χ0v) is 17.5. The van der Waals surface area contributed by atoms with Gasteiger partial charge in [0.1, 0.15) is 11.5 Å². The van der Waals surface area contributed by atoms with Gasteiger partial charge >= 0.3 is 0 Å². The van der Waals surface area contributed by atoms with Crippen LogP contribution in [-0.4, -0.2) is 37.0 Å². The molecule has 0 bridgehead atoms. The topological polar surface area (TPSA) is 85.1 Å². The van der Waals surface area contributed by atoms with Gasteiger partial charge in [0.15, 0.2) is 5.13 Å². The number of fused-ring (bicyclic) bond motifs is 1. The summed E-state index contributed by atoms with van der Waals surface area (Å²) in [4.78, 5) is 9.08. The van der Waals surface area contributed by atoms with Gasteiger partial charge in [-0.05, 0) is 31.0 Å². The molecule has 8 heteroatoms. The van der Waals surface area contributed by atoms with E-state index in [0.717, 1.165) is 63.8 Å². The first-order chi connectivity index (χ1) is 14.6. The second-order valence-corrected chi connectivity index (χ2v) is 8.66. The molecule has 0 radical (unpaired) electrons. The molecule has 30 heavy (non-hydrogen) atoms. The van der Waals surface area contributed by atoms with Gasteiger partial charge in [-0.3, -0.25) is 9.67 Å². The van der Waals surface area contributed by atoms with Gasteiger partial charge in [0.25, 0.3) is 0 Å². The molecule has 2 atom stereocenters. The summed E-state index contributed by atoms with van der Waals surface area (Å²) in [5.74, 6) is 1.47. The Labute approximate surface area is 178 Å². The van der Waals surface area contributed by atoms with Crippen molar-refractivity contribution in [1.29, 1.82) is 0 Å². The number of hydrogen-bond acceptors (Lipinski definition) is 7. The van der Waals surface area contributed by atoms with E-state index in [4.69, 9.17) is 4.74 Å². The van der Waals surface area contributed by atoms with E-state index in [2.05, 4.69) is 20.4 Å². The van der Waals surface area contributed by atoms with Crippen molar-refractivity contribution in [1.82, 2.24) is 19.7 Å². The summed E-state index contributed by atoms with van der Waals surface area (Å²) < 4.78 is 8.88. The molecule has 0 unspecified atom stereocenters. The monoisotopic (exact) mass is 421 g/mol. The van der Waals surface area contributed by atoms with E-state index in [9.17, 15) is 5.11 Å². The van der Waals surface area contributed by atoms with E-state index in [0.29, 0.717) is 0 Å². The number of aryl methyl sites for hydroxylation is 1. The number of nitrogens with zero attached hydrogens (tertiary/aromatic N) is 4. The number of aliphatic hydroxyl groups excluding tert-OH is 1. The Morgan fingerprint density at radius 1 is 1.17 bits per heavy atom. The van der Waals surface area contributed by atoms with Crippen molar-refractivity contribution in [3.05, 3.63) is 48.9 Å². The molecule has 154 valence electrons. The summed E-state index contributed by atoms with van der Waals surface area (Å²) in [6, 6.07) is 9.72. The number of ether oxygens (including phenoxy) is 1. The van der Waals surface area contributed by atoms with Crippen LogP contribution in [0.5, 0.6) is 11.5 Å². The van der Waals surface area contributed by atoms with Gasteiger partial charge < -0.3 is 15.2 Å². The number of rotatable bonds is 5. The Bertz CT molecular complexity index is 1170. The third kappa shape index (κ3) is 4.01. The van der Waals surface area contributed by atoms with Crippen LogP contribution in [0, 0.1) is 0 Å². The summed E-state index contributed by atoms with van der Waals surface area (Å²) in [7, 11) is 1.88. The predicted molar refractivity (Wildman–Crippen MR) is 118 cm³/mol. The zero-order valence-electron chi connectivity index (χ0n) is 16.7. The van der Waals surface area contributed by atoms with E-state index in [1.54, 1.807) is 28.4 Å². The second kappa shape index (κ2) is 8.04. The first-order valence-electron chi connectivity index (χ1n) is 10.1. The fourth-order valence-corrected chi connectivity index (χ4v) is 4.75. The van der Waals surface area contributed by atoms with Crippen LogP contribution < -0.4 is 10.1 Å². The SMILES string of the molecule is Cn1cc(-c2cc(Oc3ccc4nc(N[C@@H]5CCCC[C@H]5O)sc4c3)ccn2)cn1. The number of aromatic nitrogens is 4. The minimum absolute atomic E-state index is 0.0812. The van der Waals surface area contributed by atoms with E-state index in [-0.39, 0.29) is 12.1 Å². The van der Waals surface area contributed by atoms with Crippen LogP contribution in [0.15, 0.2) is 48.9 Å². The quantitative estimate of drug-likeness (QED) is 0.490. The summed E-state index contributed by atoms with van der Waals surface area (Å²) >= 11 is 1.58. The Morgan fingerprint density at radius 3 is 2.87 bits per heavy atom. The van der Waals surface area contributed by atoms with Crippen molar-refractivity contribution < 1.29 is 9.84 Å². The molecule has 4 aromatic rings. The number of nitrogens with one attached hydrogen (secondary N) is 1. The maximum Gasteiger partial charge on any atom is 0.184 e. The standard InChI is InChI=1S/C22H23N5O2S/c1-27-13-14(12-24-27)19-10-16(8-9-23-19)29-15-6-7-18-21(11-15)30-22(26-18)25-17-4-2-3-5-20(17)28/h6-13,17,20,28H,2-5H2,1H3,(H,25,26)/t17-,20-/m1/s1. The molecular formula is C22H23N5O2S. The number of hydrogen-bond donors (Lipinski definition) is 2. The maximum atomic E-state index is 10.2. The van der Waals surface area contributed by atoms with Crippen molar-refractivity contribution in [2.45, 2.75) is 37.8 Å². The molecule has 0 saturated heterocycles. The van der Waals surface area contributed by atoms with Gasteiger partial charge in [-0.25, -0.2) is 4.98 Å². The van der Waals surface area contributed by atoms with Gasteiger partial charge in [0.2, 0.25) is 0 Å². The highest BCUT2D eigenvalue weighted by Crippen LogP contribution is 2.33. The number of aliphatic hydroxyl groups is 1. The lowest BCUT2D eigenvalue weighted by Crippen LogP contribution is -2.36. The van der Waals surface area contributed by atoms with Crippen LogP contribution in [0.1, 0.15) is 25.7 Å². The minimum Gasteiger partial charge on any atom is -0.457 e. The first-order valence-corrected chi connectivity index (χ1v) is 10.9. The third-order valence-corrected chi connectivity index (χ3v) is 6.32. The molecule has 1 aliphatic rings. The fraction of sp³-hybridized carbons (Fsp3) is 0.318. The Balaban J connectivity index is 1.34. The number of pyridine rings is 1. The lowest BCUT2D eigenvalue weighted by atomic mass is 9.93. The number of anilines is 1. The fourth-order valence-electron chi connectivity index (χ4n) is 3.79. The highest BCUT2D eigenvalue weighted by molar-refractivity contribution is 7.22. The average molecular weight is 422 g/mol. The van der Waals surface area contributed by atoms with Crippen molar-refractivity contribution in [3.8, 4) is 22.8 Å². The van der Waals surface area contributed by atoms with Gasteiger partial charge in [-0.2, -0.15) is 5.10 Å². The van der Waals surface area contributed by atoms with E-state index >= 15 is 0 Å². The molecule has 1 aromatic carbocycles. The summed E-state index contributed by atoms with van der Waals surface area (Å²) in [6.07, 6.45) is 9.22. The summed E-state index contributed by atoms with van der Waals surface area (Å²) in [6.45, 7) is 0. The molecule has 0 spiro atoms. The second-order valence-electron chi connectivity index (χ2n) is 7.63. The number of thiazole rings is 1. The largest absolute Gasteiger partial charge is 0.457 e. The molecule has 1 saturated carbocycles. The van der Waals surface area contributed by atoms with E-state index in [1.807, 2.05) is 43.6 Å². The van der Waals surface area contributed by atoms with Gasteiger partial charge in [0, 0.05) is 37.1 Å². The molecule has 1 fully saturated rings. The molecule has 0 amide bonds. The molecule has 2 N–H and O–H groups in total. The normalized spacial score (nSPS) is 19.1. The van der Waals surface area contributed by atoms with Crippen LogP contribution >= 0.6 is 11.3 Å². The van der Waals surface area contributed by atoms with Gasteiger partial charge in [-0.15, -0.1) is 0 Å². The Hall–Kier alpha value is -2.97. The van der Waals surface area contributed by atoms with Crippen LogP contribution in [0.2, 0.25) is 0 Å². The van der Waals surface area contributed by atoms with Crippen LogP contribution in [-0.2, 0) is 7.05 Å². The van der Waals surface area contributed by atoms with Crippen LogP contribution in [0.4, 0.5) is 5.13 Å². The minimum atomic E-state index is -0.301. The lowest BCUT2D eigenvalue weighted by molar-refractivity contribution is 0.116. The highest BCUT2D eigenvalue weighted by atomic mass is 32.1. The molecule has 7 nitrogen and oxygen atoms in total. The average Bonchev–Trinajstić information content (AvgIpc) is 3.35. The maximum absolute atomic E-state index is 10.2. The van der Waals surface area contributed by atoms with Crippen molar-refractivity contribution in [2.24, 2.45) is 7.05 Å². The predicted octanol–water partition coefficient (Wildman–Crippen LogP) is 4.60. The lowest BCUT2D eigenvalue weighted by Gasteiger charge is -2.27. The van der Waals surface area contributed by atoms with E-state index < -0.39 is 0 Å². The summed E-state index contributed by atoms with van der Waals surface area (Å²) in [5, 5.41) is 18.7. The molecule has 3 aromatic heterocycles. The third-order valence-electron chi connectivity index (χ3n) is 5.37. The molecule has 3 heterocycles.